The normalized spacial score (nSPS) is 11.1. The van der Waals surface area contributed by atoms with Gasteiger partial charge in [0.15, 0.2) is 0 Å². The lowest BCUT2D eigenvalue weighted by molar-refractivity contribution is 0.285. The number of methoxy groups -OCH3 is 2. The SMILES string of the molecule is COc1nc(OCc2cccc(-c3cccc(COc4nc(OC)c(CNCc5cn[nH]n5)cc4Cl)c3C)c2C)c(Cl)cc1CCCc1cn[nH]n1. The molecule has 3 N–H and O–H groups in total. The second-order valence-corrected chi connectivity index (χ2v) is 12.8. The molecule has 0 atom stereocenters. The summed E-state index contributed by atoms with van der Waals surface area (Å²) in [7, 11) is 3.16. The Balaban J connectivity index is 1.12. The van der Waals surface area contributed by atoms with Crippen LogP contribution < -0.4 is 24.3 Å². The summed E-state index contributed by atoms with van der Waals surface area (Å²) in [6.07, 6.45) is 5.73. The van der Waals surface area contributed by atoms with Gasteiger partial charge in [-0.3, -0.25) is 0 Å². The van der Waals surface area contributed by atoms with Gasteiger partial charge in [0.25, 0.3) is 0 Å². The lowest BCUT2D eigenvalue weighted by atomic mass is 9.92. The van der Waals surface area contributed by atoms with Gasteiger partial charge in [-0.05, 0) is 78.6 Å². The van der Waals surface area contributed by atoms with E-state index in [0.717, 1.165) is 75.2 Å². The highest BCUT2D eigenvalue weighted by atomic mass is 35.5. The third-order valence-electron chi connectivity index (χ3n) is 8.69. The van der Waals surface area contributed by atoms with E-state index in [-0.39, 0.29) is 13.2 Å². The van der Waals surface area contributed by atoms with Gasteiger partial charge in [-0.2, -0.15) is 40.8 Å². The third kappa shape index (κ3) is 8.79. The number of aromatic nitrogens is 8. The van der Waals surface area contributed by atoms with Crippen molar-refractivity contribution >= 4 is 23.2 Å². The van der Waals surface area contributed by atoms with Crippen LogP contribution in [0.25, 0.3) is 11.1 Å². The van der Waals surface area contributed by atoms with Crippen LogP contribution in [-0.2, 0) is 39.1 Å². The first-order valence-corrected chi connectivity index (χ1v) is 17.4. The largest absolute Gasteiger partial charge is 0.481 e. The third-order valence-corrected chi connectivity index (χ3v) is 9.24. The molecule has 2 aromatic carbocycles. The average Bonchev–Trinajstić information content (AvgIpc) is 3.87. The van der Waals surface area contributed by atoms with Crippen molar-refractivity contribution in [3.05, 3.63) is 116 Å². The van der Waals surface area contributed by atoms with Crippen LogP contribution in [0.5, 0.6) is 23.5 Å². The van der Waals surface area contributed by atoms with Crippen LogP contribution in [-0.4, -0.2) is 55.0 Å². The summed E-state index contributed by atoms with van der Waals surface area (Å²) < 4.78 is 23.5. The molecule has 0 unspecified atom stereocenters. The summed E-state index contributed by atoms with van der Waals surface area (Å²) >= 11 is 13.3. The Morgan fingerprint density at radius 1 is 0.635 bits per heavy atom. The maximum Gasteiger partial charge on any atom is 0.236 e. The highest BCUT2D eigenvalue weighted by molar-refractivity contribution is 6.32. The monoisotopic (exact) mass is 743 g/mol. The van der Waals surface area contributed by atoms with E-state index in [1.165, 1.54) is 0 Å². The number of aromatic amines is 2. The number of pyridine rings is 2. The Kier molecular flexibility index (Phi) is 12.2. The van der Waals surface area contributed by atoms with Crippen molar-refractivity contribution in [1.29, 1.82) is 0 Å². The molecule has 0 fully saturated rings. The molecule has 6 rings (SSSR count). The Bertz CT molecular complexity index is 1950. The molecule has 52 heavy (non-hydrogen) atoms. The summed E-state index contributed by atoms with van der Waals surface area (Å²) in [5.41, 5.74) is 9.73. The summed E-state index contributed by atoms with van der Waals surface area (Å²) in [5.74, 6) is 1.53. The van der Waals surface area contributed by atoms with E-state index in [0.29, 0.717) is 46.7 Å². The van der Waals surface area contributed by atoms with Gasteiger partial charge in [-0.15, -0.1) is 0 Å². The quantitative estimate of drug-likeness (QED) is 0.0888. The Hall–Kier alpha value is -5.24. The zero-order valence-corrected chi connectivity index (χ0v) is 30.8. The van der Waals surface area contributed by atoms with Gasteiger partial charge in [0.05, 0.1) is 38.0 Å². The lowest BCUT2D eigenvalue weighted by Crippen LogP contribution is -2.14. The molecule has 4 aromatic heterocycles. The first-order chi connectivity index (χ1) is 25.3. The molecule has 0 radical (unpaired) electrons. The highest BCUT2D eigenvalue weighted by Gasteiger charge is 2.17. The predicted molar refractivity (Wildman–Crippen MR) is 197 cm³/mol. The molecule has 0 amide bonds. The number of hydrogen-bond donors (Lipinski definition) is 3. The number of nitrogens with zero attached hydrogens (tertiary/aromatic N) is 6. The van der Waals surface area contributed by atoms with Crippen molar-refractivity contribution in [1.82, 2.24) is 46.1 Å². The van der Waals surface area contributed by atoms with Crippen molar-refractivity contribution in [2.45, 2.75) is 59.4 Å². The fourth-order valence-electron chi connectivity index (χ4n) is 5.85. The molecule has 13 nitrogen and oxygen atoms in total. The number of nitrogens with one attached hydrogen (secondary N) is 3. The molecule has 0 bridgehead atoms. The van der Waals surface area contributed by atoms with Gasteiger partial charge < -0.3 is 24.3 Å². The number of ether oxygens (including phenoxy) is 4. The molecule has 4 heterocycles. The molecule has 0 aliphatic heterocycles. The lowest BCUT2D eigenvalue weighted by Gasteiger charge is -2.17. The molecular formula is C37H39Cl2N9O4. The van der Waals surface area contributed by atoms with Gasteiger partial charge in [-0.1, -0.05) is 59.6 Å². The van der Waals surface area contributed by atoms with E-state index in [4.69, 9.17) is 42.1 Å². The fourth-order valence-corrected chi connectivity index (χ4v) is 6.30. The number of rotatable bonds is 17. The van der Waals surface area contributed by atoms with E-state index in [1.807, 2.05) is 30.3 Å². The maximum atomic E-state index is 6.64. The van der Waals surface area contributed by atoms with E-state index < -0.39 is 0 Å². The fraction of sp³-hybridized carbons (Fsp3) is 0.297. The zero-order chi connectivity index (χ0) is 36.5. The Morgan fingerprint density at radius 3 is 1.71 bits per heavy atom. The second kappa shape index (κ2) is 17.3. The van der Waals surface area contributed by atoms with Gasteiger partial charge in [0.1, 0.15) is 23.3 Å². The van der Waals surface area contributed by atoms with Crippen LogP contribution in [0.2, 0.25) is 10.0 Å². The second-order valence-electron chi connectivity index (χ2n) is 12.0. The minimum absolute atomic E-state index is 0.267. The highest BCUT2D eigenvalue weighted by Crippen LogP contribution is 2.34. The van der Waals surface area contributed by atoms with Crippen molar-refractivity contribution in [2.24, 2.45) is 0 Å². The van der Waals surface area contributed by atoms with Crippen LogP contribution >= 0.6 is 23.2 Å². The van der Waals surface area contributed by atoms with Gasteiger partial charge >= 0.3 is 0 Å². The van der Waals surface area contributed by atoms with Crippen LogP contribution in [0.4, 0.5) is 0 Å². The summed E-state index contributed by atoms with van der Waals surface area (Å²) in [6, 6.07) is 16.0. The molecule has 0 aliphatic rings. The minimum atomic E-state index is 0.267. The molecule has 0 saturated carbocycles. The Labute approximate surface area is 311 Å². The molecule has 270 valence electrons. The van der Waals surface area contributed by atoms with Crippen LogP contribution in [0.15, 0.2) is 60.9 Å². The molecule has 0 saturated heterocycles. The average molecular weight is 745 g/mol. The van der Waals surface area contributed by atoms with Gasteiger partial charge in [0, 0.05) is 24.2 Å². The smallest absolute Gasteiger partial charge is 0.236 e. The summed E-state index contributed by atoms with van der Waals surface area (Å²) in [5, 5.41) is 25.2. The summed E-state index contributed by atoms with van der Waals surface area (Å²) in [6.45, 7) is 5.72. The molecule has 6 aromatic rings. The molecule has 15 heteroatoms. The van der Waals surface area contributed by atoms with Crippen molar-refractivity contribution in [3.8, 4) is 34.6 Å². The van der Waals surface area contributed by atoms with Crippen LogP contribution in [0.1, 0.15) is 51.2 Å². The first kappa shape index (κ1) is 36.5. The van der Waals surface area contributed by atoms with Crippen molar-refractivity contribution < 1.29 is 18.9 Å². The standard InChI is InChI=1S/C37H39Cl2N9O4/c1-22-25(20-51-36-32(38)14-24(34(43-36)49-3)8-5-11-28-18-41-47-45-28)9-6-12-30(22)31-13-7-10-26(23(31)2)21-52-37-33(39)15-27(35(44-37)50-4)16-40-17-29-19-42-48-46-29/h6-7,9-10,12-15,18-19,40H,5,8,11,16-17,20-21H2,1-4H3,(H,41,45,47)(H,42,46,48). The predicted octanol–water partition coefficient (Wildman–Crippen LogP) is 6.94. The van der Waals surface area contributed by atoms with E-state index in [9.17, 15) is 0 Å². The van der Waals surface area contributed by atoms with Crippen molar-refractivity contribution in [3.63, 3.8) is 0 Å². The summed E-state index contributed by atoms with van der Waals surface area (Å²) in [4.78, 5) is 9.15. The van der Waals surface area contributed by atoms with Crippen LogP contribution in [0, 0.1) is 13.8 Å². The number of hydrogen-bond acceptors (Lipinski definition) is 11. The maximum absolute atomic E-state index is 6.64. The molecule has 0 spiro atoms. The number of benzene rings is 2. The number of H-pyrrole nitrogens is 2. The number of aryl methyl sites for hydroxylation is 2. The molecular weight excluding hydrogens is 705 g/mol. The van der Waals surface area contributed by atoms with E-state index >= 15 is 0 Å². The first-order valence-electron chi connectivity index (χ1n) is 16.6. The minimum Gasteiger partial charge on any atom is -0.481 e. The van der Waals surface area contributed by atoms with E-state index in [2.05, 4.69) is 72.1 Å². The van der Waals surface area contributed by atoms with Gasteiger partial charge in [0.2, 0.25) is 23.5 Å². The van der Waals surface area contributed by atoms with E-state index in [1.54, 1.807) is 32.7 Å². The Morgan fingerprint density at radius 2 is 1.17 bits per heavy atom. The zero-order valence-electron chi connectivity index (χ0n) is 29.3. The van der Waals surface area contributed by atoms with Gasteiger partial charge in [-0.25, -0.2) is 0 Å². The topological polar surface area (TPSA) is 158 Å². The van der Waals surface area contributed by atoms with Crippen molar-refractivity contribution in [2.75, 3.05) is 14.2 Å². The molecule has 0 aliphatic carbocycles. The number of halogens is 2. The van der Waals surface area contributed by atoms with Crippen LogP contribution in [0.3, 0.4) is 0 Å².